The van der Waals surface area contributed by atoms with Crippen molar-refractivity contribution in [1.29, 1.82) is 0 Å². The first-order valence-electron chi connectivity index (χ1n) is 6.37. The van der Waals surface area contributed by atoms with Gasteiger partial charge in [0.05, 0.1) is 25.7 Å². The fraction of sp³-hybridized carbons (Fsp3) is 0.429. The molecule has 1 heterocycles. The molecule has 2 N–H and O–H groups in total. The lowest BCUT2D eigenvalue weighted by atomic mass is 10.1. The number of esters is 1. The van der Waals surface area contributed by atoms with Crippen molar-refractivity contribution in [1.82, 2.24) is 4.90 Å². The monoisotopic (exact) mass is 278 g/mol. The van der Waals surface area contributed by atoms with Gasteiger partial charge in [0.25, 0.3) is 5.91 Å². The van der Waals surface area contributed by atoms with Crippen LogP contribution in [0.2, 0.25) is 0 Å². The number of rotatable bonds is 3. The number of carbonyl (C=O) groups excluding carboxylic acids is 2. The van der Waals surface area contributed by atoms with Gasteiger partial charge in [-0.3, -0.25) is 9.59 Å². The molecule has 0 saturated carbocycles. The van der Waals surface area contributed by atoms with E-state index in [4.69, 9.17) is 15.2 Å². The maximum Gasteiger partial charge on any atom is 0.310 e. The van der Waals surface area contributed by atoms with Crippen LogP contribution in [0.15, 0.2) is 18.2 Å². The Morgan fingerprint density at radius 1 is 1.35 bits per heavy atom. The Hall–Kier alpha value is -2.24. The zero-order chi connectivity index (χ0) is 14.7. The van der Waals surface area contributed by atoms with E-state index in [2.05, 4.69) is 0 Å². The molecule has 1 fully saturated rings. The Morgan fingerprint density at radius 2 is 2.10 bits per heavy atom. The van der Waals surface area contributed by atoms with E-state index in [-0.39, 0.29) is 17.8 Å². The van der Waals surface area contributed by atoms with Gasteiger partial charge >= 0.3 is 5.97 Å². The molecule has 0 spiro atoms. The summed E-state index contributed by atoms with van der Waals surface area (Å²) in [5.41, 5.74) is 6.63. The summed E-state index contributed by atoms with van der Waals surface area (Å²) in [6.45, 7) is 0.889. The number of benzene rings is 1. The van der Waals surface area contributed by atoms with Crippen molar-refractivity contribution >= 4 is 17.6 Å². The number of methoxy groups -OCH3 is 2. The first-order valence-corrected chi connectivity index (χ1v) is 6.37. The van der Waals surface area contributed by atoms with E-state index >= 15 is 0 Å². The summed E-state index contributed by atoms with van der Waals surface area (Å²) in [6.07, 6.45) is 0.614. The summed E-state index contributed by atoms with van der Waals surface area (Å²) < 4.78 is 9.89. The zero-order valence-corrected chi connectivity index (χ0v) is 11.6. The Balaban J connectivity index is 2.17. The lowest BCUT2D eigenvalue weighted by molar-refractivity contribution is -0.144. The van der Waals surface area contributed by atoms with E-state index in [0.29, 0.717) is 36.5 Å². The summed E-state index contributed by atoms with van der Waals surface area (Å²) in [5, 5.41) is 0. The molecule has 1 atom stereocenters. The molecule has 1 saturated heterocycles. The number of hydrogen-bond acceptors (Lipinski definition) is 5. The van der Waals surface area contributed by atoms with Crippen molar-refractivity contribution < 1.29 is 19.1 Å². The van der Waals surface area contributed by atoms with Crippen molar-refractivity contribution in [2.24, 2.45) is 5.92 Å². The van der Waals surface area contributed by atoms with E-state index in [0.717, 1.165) is 0 Å². The van der Waals surface area contributed by atoms with Crippen LogP contribution in [0, 0.1) is 5.92 Å². The van der Waals surface area contributed by atoms with Crippen molar-refractivity contribution in [2.45, 2.75) is 6.42 Å². The lowest BCUT2D eigenvalue weighted by Crippen LogP contribution is -2.30. The molecule has 0 aliphatic carbocycles. The molecule has 2 rings (SSSR count). The second kappa shape index (κ2) is 5.81. The number of nitrogen functional groups attached to an aromatic ring is 1. The van der Waals surface area contributed by atoms with Crippen molar-refractivity contribution in [3.8, 4) is 5.75 Å². The van der Waals surface area contributed by atoms with Gasteiger partial charge in [0.1, 0.15) is 5.75 Å². The molecule has 108 valence electrons. The first-order chi connectivity index (χ1) is 9.56. The molecule has 20 heavy (non-hydrogen) atoms. The van der Waals surface area contributed by atoms with Crippen LogP contribution in [0.4, 0.5) is 5.69 Å². The molecule has 0 radical (unpaired) electrons. The normalized spacial score (nSPS) is 17.9. The van der Waals surface area contributed by atoms with Gasteiger partial charge in [-0.2, -0.15) is 0 Å². The van der Waals surface area contributed by atoms with E-state index in [1.807, 2.05) is 0 Å². The Bertz CT molecular complexity index is 530. The molecule has 1 aliphatic heterocycles. The molecule has 0 bridgehead atoms. The summed E-state index contributed by atoms with van der Waals surface area (Å²) in [5.74, 6) is -0.234. The molecule has 6 heteroatoms. The molecular weight excluding hydrogens is 260 g/mol. The summed E-state index contributed by atoms with van der Waals surface area (Å²) in [4.78, 5) is 25.6. The second-order valence-electron chi connectivity index (χ2n) is 4.72. The van der Waals surface area contributed by atoms with E-state index in [1.165, 1.54) is 14.2 Å². The molecular formula is C14H18N2O4. The van der Waals surface area contributed by atoms with Gasteiger partial charge in [-0.25, -0.2) is 0 Å². The molecule has 6 nitrogen and oxygen atoms in total. The summed E-state index contributed by atoms with van der Waals surface area (Å²) in [7, 11) is 2.86. The molecule has 0 aromatic heterocycles. The van der Waals surface area contributed by atoms with Crippen LogP contribution in [0.25, 0.3) is 0 Å². The number of carbonyl (C=O) groups is 2. The minimum absolute atomic E-state index is 0.180. The molecule has 1 unspecified atom stereocenters. The maximum absolute atomic E-state index is 12.5. The quantitative estimate of drug-likeness (QED) is 0.656. The van der Waals surface area contributed by atoms with Crippen molar-refractivity contribution in [2.75, 3.05) is 33.0 Å². The van der Waals surface area contributed by atoms with E-state index in [9.17, 15) is 9.59 Å². The van der Waals surface area contributed by atoms with Crippen molar-refractivity contribution in [3.05, 3.63) is 23.8 Å². The van der Waals surface area contributed by atoms with Gasteiger partial charge in [0.15, 0.2) is 0 Å². The standard InChI is InChI=1S/C14H18N2O4/c1-19-12-4-3-10(15)7-11(12)13(17)16-6-5-9(8-16)14(18)20-2/h3-4,7,9H,5-6,8,15H2,1-2H3. The van der Waals surface area contributed by atoms with Crippen LogP contribution in [-0.2, 0) is 9.53 Å². The third-order valence-electron chi connectivity index (χ3n) is 3.46. The Kier molecular flexibility index (Phi) is 4.12. The number of likely N-dealkylation sites (tertiary alicyclic amines) is 1. The van der Waals surface area contributed by atoms with Gasteiger partial charge in [0, 0.05) is 18.8 Å². The van der Waals surface area contributed by atoms with Crippen LogP contribution in [-0.4, -0.2) is 44.1 Å². The van der Waals surface area contributed by atoms with Crippen molar-refractivity contribution in [3.63, 3.8) is 0 Å². The van der Waals surface area contributed by atoms with Crippen LogP contribution >= 0.6 is 0 Å². The fourth-order valence-electron chi connectivity index (χ4n) is 2.37. The number of amides is 1. The highest BCUT2D eigenvalue weighted by molar-refractivity contribution is 5.98. The predicted molar refractivity (Wildman–Crippen MR) is 73.4 cm³/mol. The van der Waals surface area contributed by atoms with Crippen LogP contribution in [0.1, 0.15) is 16.8 Å². The van der Waals surface area contributed by atoms with E-state index in [1.54, 1.807) is 23.1 Å². The molecule has 1 aliphatic rings. The van der Waals surface area contributed by atoms with Gasteiger partial charge < -0.3 is 20.1 Å². The van der Waals surface area contributed by atoms with Gasteiger partial charge in [-0.15, -0.1) is 0 Å². The van der Waals surface area contributed by atoms with Crippen LogP contribution in [0.5, 0.6) is 5.75 Å². The fourth-order valence-corrected chi connectivity index (χ4v) is 2.37. The molecule has 1 amide bonds. The third-order valence-corrected chi connectivity index (χ3v) is 3.46. The minimum Gasteiger partial charge on any atom is -0.496 e. The highest BCUT2D eigenvalue weighted by Crippen LogP contribution is 2.26. The third kappa shape index (κ3) is 2.68. The second-order valence-corrected chi connectivity index (χ2v) is 4.72. The van der Waals surface area contributed by atoms with Crippen LogP contribution in [0.3, 0.4) is 0 Å². The average Bonchev–Trinajstić information content (AvgIpc) is 2.95. The topological polar surface area (TPSA) is 81.9 Å². The predicted octanol–water partition coefficient (Wildman–Crippen LogP) is 0.912. The van der Waals surface area contributed by atoms with Crippen LogP contribution < -0.4 is 10.5 Å². The SMILES string of the molecule is COC(=O)C1CCN(C(=O)c2cc(N)ccc2OC)C1. The number of ether oxygens (including phenoxy) is 2. The Morgan fingerprint density at radius 3 is 2.75 bits per heavy atom. The number of nitrogens with two attached hydrogens (primary N) is 1. The zero-order valence-electron chi connectivity index (χ0n) is 11.6. The van der Waals surface area contributed by atoms with Gasteiger partial charge in [-0.1, -0.05) is 0 Å². The highest BCUT2D eigenvalue weighted by Gasteiger charge is 2.33. The lowest BCUT2D eigenvalue weighted by Gasteiger charge is -2.18. The smallest absolute Gasteiger partial charge is 0.310 e. The summed E-state index contributed by atoms with van der Waals surface area (Å²) in [6, 6.07) is 4.93. The first kappa shape index (κ1) is 14.2. The largest absolute Gasteiger partial charge is 0.496 e. The van der Waals surface area contributed by atoms with E-state index < -0.39 is 0 Å². The number of anilines is 1. The minimum atomic E-state index is -0.278. The molecule has 1 aromatic carbocycles. The maximum atomic E-state index is 12.5. The molecule has 1 aromatic rings. The highest BCUT2D eigenvalue weighted by atomic mass is 16.5. The van der Waals surface area contributed by atoms with Gasteiger partial charge in [0.2, 0.25) is 0 Å². The van der Waals surface area contributed by atoms with Gasteiger partial charge in [-0.05, 0) is 24.6 Å². The number of hydrogen-bond donors (Lipinski definition) is 1. The average molecular weight is 278 g/mol. The summed E-state index contributed by atoms with van der Waals surface area (Å²) >= 11 is 0. The number of nitrogens with zero attached hydrogens (tertiary/aromatic N) is 1. The Labute approximate surface area is 117 Å².